The maximum atomic E-state index is 12.3. The molecular weight excluding hydrogens is 350 g/mol. The lowest BCUT2D eigenvalue weighted by Crippen LogP contribution is -2.14. The van der Waals surface area contributed by atoms with Crippen molar-refractivity contribution in [2.45, 2.75) is 6.54 Å². The van der Waals surface area contributed by atoms with E-state index in [2.05, 4.69) is 15.6 Å². The summed E-state index contributed by atoms with van der Waals surface area (Å²) in [5, 5.41) is 6.50. The zero-order valence-electron chi connectivity index (χ0n) is 14.2. The van der Waals surface area contributed by atoms with Crippen molar-refractivity contribution in [1.82, 2.24) is 4.98 Å². The maximum Gasteiger partial charge on any atom is 0.274 e. The molecule has 0 atom stereocenters. The van der Waals surface area contributed by atoms with Crippen LogP contribution in [0.5, 0.6) is 5.75 Å². The van der Waals surface area contributed by atoms with Crippen LogP contribution < -0.4 is 15.4 Å². The molecule has 0 bridgehead atoms. The van der Waals surface area contributed by atoms with Gasteiger partial charge in [0.1, 0.15) is 11.4 Å². The second kappa shape index (κ2) is 8.36. The van der Waals surface area contributed by atoms with E-state index in [1.807, 2.05) is 30.3 Å². The maximum absolute atomic E-state index is 12.3. The Hall–Kier alpha value is -3.05. The number of amides is 1. The molecule has 1 amide bonds. The zero-order valence-corrected chi connectivity index (χ0v) is 15.0. The molecule has 0 aliphatic rings. The number of rotatable bonds is 6. The van der Waals surface area contributed by atoms with Crippen molar-refractivity contribution >= 4 is 28.9 Å². The topological polar surface area (TPSA) is 63.2 Å². The molecule has 1 aromatic heterocycles. The lowest BCUT2D eigenvalue weighted by molar-refractivity contribution is 0.102. The molecular formula is C20H18ClN3O2. The number of nitrogens with zero attached hydrogens (tertiary/aromatic N) is 1. The third kappa shape index (κ3) is 4.52. The lowest BCUT2D eigenvalue weighted by Gasteiger charge is -2.09. The standard InChI is InChI=1S/C20H18ClN3O2/c1-26-16-9-6-14(7-10-16)12-22-15-8-11-19(23-13-15)20(25)24-18-5-3-2-4-17(18)21/h2-11,13,22H,12H2,1H3,(H,24,25). The number of carbonyl (C=O) groups is 1. The van der Waals surface area contributed by atoms with Crippen LogP contribution in [0.4, 0.5) is 11.4 Å². The highest BCUT2D eigenvalue weighted by Gasteiger charge is 2.09. The molecule has 2 N–H and O–H groups in total. The number of methoxy groups -OCH3 is 1. The Labute approximate surface area is 157 Å². The summed E-state index contributed by atoms with van der Waals surface area (Å²) in [5.41, 5.74) is 2.82. The zero-order chi connectivity index (χ0) is 18.4. The predicted octanol–water partition coefficient (Wildman–Crippen LogP) is 4.61. The first-order valence-electron chi connectivity index (χ1n) is 8.04. The molecule has 0 spiro atoms. The number of para-hydroxylation sites is 1. The van der Waals surface area contributed by atoms with Gasteiger partial charge in [-0.25, -0.2) is 4.98 Å². The summed E-state index contributed by atoms with van der Waals surface area (Å²) in [5.74, 6) is 0.518. The minimum Gasteiger partial charge on any atom is -0.497 e. The number of carbonyl (C=O) groups excluding carboxylic acids is 1. The fourth-order valence-electron chi connectivity index (χ4n) is 2.33. The van der Waals surface area contributed by atoms with E-state index in [1.54, 1.807) is 43.6 Å². The van der Waals surface area contributed by atoms with E-state index in [9.17, 15) is 4.79 Å². The van der Waals surface area contributed by atoms with Gasteiger partial charge in [0, 0.05) is 6.54 Å². The van der Waals surface area contributed by atoms with Crippen molar-refractivity contribution < 1.29 is 9.53 Å². The van der Waals surface area contributed by atoms with Gasteiger partial charge in [-0.05, 0) is 42.0 Å². The number of benzene rings is 2. The van der Waals surface area contributed by atoms with Crippen molar-refractivity contribution in [2.75, 3.05) is 17.7 Å². The highest BCUT2D eigenvalue weighted by molar-refractivity contribution is 6.33. The monoisotopic (exact) mass is 367 g/mol. The minimum atomic E-state index is -0.306. The number of halogens is 1. The molecule has 26 heavy (non-hydrogen) atoms. The van der Waals surface area contributed by atoms with Crippen molar-refractivity contribution in [3.05, 3.63) is 83.1 Å². The number of hydrogen-bond donors (Lipinski definition) is 2. The van der Waals surface area contributed by atoms with E-state index in [0.29, 0.717) is 22.9 Å². The number of pyridine rings is 1. The van der Waals surface area contributed by atoms with Gasteiger partial charge in [0.2, 0.25) is 0 Å². The molecule has 2 aromatic carbocycles. The quantitative estimate of drug-likeness (QED) is 0.668. The molecule has 1 heterocycles. The van der Waals surface area contributed by atoms with Gasteiger partial charge < -0.3 is 15.4 Å². The molecule has 132 valence electrons. The molecule has 3 aromatic rings. The van der Waals surface area contributed by atoms with Gasteiger partial charge in [0.05, 0.1) is 29.7 Å². The normalized spacial score (nSPS) is 10.2. The molecule has 6 heteroatoms. The first kappa shape index (κ1) is 17.8. The number of aromatic nitrogens is 1. The fourth-order valence-corrected chi connectivity index (χ4v) is 2.51. The summed E-state index contributed by atoms with van der Waals surface area (Å²) < 4.78 is 5.14. The summed E-state index contributed by atoms with van der Waals surface area (Å²) in [6.07, 6.45) is 1.63. The van der Waals surface area contributed by atoms with Crippen molar-refractivity contribution in [3.8, 4) is 5.75 Å². The van der Waals surface area contributed by atoms with E-state index in [4.69, 9.17) is 16.3 Å². The molecule has 5 nitrogen and oxygen atoms in total. The molecule has 0 saturated heterocycles. The number of nitrogens with one attached hydrogen (secondary N) is 2. The molecule has 0 fully saturated rings. The first-order valence-corrected chi connectivity index (χ1v) is 8.42. The first-order chi connectivity index (χ1) is 12.7. The van der Waals surface area contributed by atoms with Crippen LogP contribution >= 0.6 is 11.6 Å². The average molecular weight is 368 g/mol. The Bertz CT molecular complexity index is 880. The van der Waals surface area contributed by atoms with Gasteiger partial charge in [-0.1, -0.05) is 35.9 Å². The molecule has 3 rings (SSSR count). The summed E-state index contributed by atoms with van der Waals surface area (Å²) in [4.78, 5) is 16.5. The Morgan fingerprint density at radius 3 is 2.50 bits per heavy atom. The highest BCUT2D eigenvalue weighted by atomic mass is 35.5. The van der Waals surface area contributed by atoms with Crippen LogP contribution in [0.25, 0.3) is 0 Å². The van der Waals surface area contributed by atoms with Gasteiger partial charge in [-0.2, -0.15) is 0 Å². The largest absolute Gasteiger partial charge is 0.497 e. The number of anilines is 2. The molecule has 0 aliphatic heterocycles. The van der Waals surface area contributed by atoms with Crippen LogP contribution in [0.1, 0.15) is 16.1 Å². The van der Waals surface area contributed by atoms with Crippen LogP contribution in [0.2, 0.25) is 5.02 Å². The van der Waals surface area contributed by atoms with E-state index >= 15 is 0 Å². The second-order valence-electron chi connectivity index (χ2n) is 5.57. The smallest absolute Gasteiger partial charge is 0.274 e. The summed E-state index contributed by atoms with van der Waals surface area (Å²) >= 11 is 6.05. The van der Waals surface area contributed by atoms with E-state index in [-0.39, 0.29) is 5.91 Å². The van der Waals surface area contributed by atoms with Gasteiger partial charge in [-0.15, -0.1) is 0 Å². The van der Waals surface area contributed by atoms with Gasteiger partial charge in [0.25, 0.3) is 5.91 Å². The van der Waals surface area contributed by atoms with Crippen molar-refractivity contribution in [1.29, 1.82) is 0 Å². The van der Waals surface area contributed by atoms with Crippen LogP contribution in [0.15, 0.2) is 66.9 Å². The fraction of sp³-hybridized carbons (Fsp3) is 0.100. The third-order valence-corrected chi connectivity index (χ3v) is 4.10. The van der Waals surface area contributed by atoms with Gasteiger partial charge in [0.15, 0.2) is 0 Å². The SMILES string of the molecule is COc1ccc(CNc2ccc(C(=O)Nc3ccccc3Cl)nc2)cc1. The van der Waals surface area contributed by atoms with E-state index in [0.717, 1.165) is 17.0 Å². The van der Waals surface area contributed by atoms with Crippen LogP contribution in [0.3, 0.4) is 0 Å². The molecule has 0 unspecified atom stereocenters. The minimum absolute atomic E-state index is 0.306. The molecule has 0 radical (unpaired) electrons. The van der Waals surface area contributed by atoms with Crippen LogP contribution in [-0.4, -0.2) is 18.0 Å². The summed E-state index contributed by atoms with van der Waals surface area (Å²) in [7, 11) is 1.64. The van der Waals surface area contributed by atoms with Crippen molar-refractivity contribution in [2.24, 2.45) is 0 Å². The average Bonchev–Trinajstić information content (AvgIpc) is 2.69. The summed E-state index contributed by atoms with van der Waals surface area (Å²) in [6.45, 7) is 0.650. The van der Waals surface area contributed by atoms with Crippen molar-refractivity contribution in [3.63, 3.8) is 0 Å². The molecule has 0 saturated carbocycles. The van der Waals surface area contributed by atoms with Gasteiger partial charge >= 0.3 is 0 Å². The lowest BCUT2D eigenvalue weighted by atomic mass is 10.2. The Morgan fingerprint density at radius 2 is 1.85 bits per heavy atom. The Kier molecular flexibility index (Phi) is 5.71. The van der Waals surface area contributed by atoms with Crippen LogP contribution in [0, 0.1) is 0 Å². The number of ether oxygens (including phenoxy) is 1. The Balaban J connectivity index is 1.59. The third-order valence-electron chi connectivity index (χ3n) is 3.77. The molecule has 0 aliphatic carbocycles. The predicted molar refractivity (Wildman–Crippen MR) is 104 cm³/mol. The highest BCUT2D eigenvalue weighted by Crippen LogP contribution is 2.21. The van der Waals surface area contributed by atoms with E-state index < -0.39 is 0 Å². The number of hydrogen-bond acceptors (Lipinski definition) is 4. The van der Waals surface area contributed by atoms with Gasteiger partial charge in [-0.3, -0.25) is 4.79 Å². The second-order valence-corrected chi connectivity index (χ2v) is 5.97. The van der Waals surface area contributed by atoms with Crippen LogP contribution in [-0.2, 0) is 6.54 Å². The van der Waals surface area contributed by atoms with E-state index in [1.165, 1.54) is 0 Å². The summed E-state index contributed by atoms with van der Waals surface area (Å²) in [6, 6.07) is 18.4. The Morgan fingerprint density at radius 1 is 1.08 bits per heavy atom.